The van der Waals surface area contributed by atoms with Crippen molar-refractivity contribution in [1.29, 1.82) is 0 Å². The highest BCUT2D eigenvalue weighted by atomic mass is 79.9. The quantitative estimate of drug-likeness (QED) is 0.358. The smallest absolute Gasteiger partial charge is 0.0610 e. The van der Waals surface area contributed by atoms with Gasteiger partial charge in [0.1, 0.15) is 0 Å². The summed E-state index contributed by atoms with van der Waals surface area (Å²) in [5, 5.41) is 0. The summed E-state index contributed by atoms with van der Waals surface area (Å²) in [7, 11) is 0. The third-order valence-corrected chi connectivity index (χ3v) is 8.85. The molecular weight excluding hydrogens is 468 g/mol. The lowest BCUT2D eigenvalue weighted by Crippen LogP contribution is -2.50. The summed E-state index contributed by atoms with van der Waals surface area (Å²) in [5.41, 5.74) is 9.17. The molecule has 3 heteroatoms. The molecule has 0 saturated carbocycles. The minimum Gasteiger partial charge on any atom is -0.288 e. The monoisotopic (exact) mass is 498 g/mol. The Balaban J connectivity index is 1.49. The van der Waals surface area contributed by atoms with E-state index in [1.165, 1.54) is 53.5 Å². The first kappa shape index (κ1) is 21.3. The summed E-state index contributed by atoms with van der Waals surface area (Å²) < 4.78 is 1.14. The van der Waals surface area contributed by atoms with Gasteiger partial charge in [-0.3, -0.25) is 9.88 Å². The molecule has 0 radical (unpaired) electrons. The van der Waals surface area contributed by atoms with Crippen LogP contribution in [0.25, 0.3) is 0 Å². The predicted octanol–water partition coefficient (Wildman–Crippen LogP) is 7.08. The Bertz CT molecular complexity index is 1140. The molecule has 3 aliphatic rings. The Morgan fingerprint density at radius 1 is 0.909 bits per heavy atom. The first-order valence-electron chi connectivity index (χ1n) is 12.5. The molecule has 2 atom stereocenters. The van der Waals surface area contributed by atoms with Crippen LogP contribution in [0.2, 0.25) is 0 Å². The molecule has 33 heavy (non-hydrogen) atoms. The number of nitrogens with zero attached hydrogens (tertiary/aromatic N) is 2. The van der Waals surface area contributed by atoms with E-state index in [1.54, 1.807) is 5.57 Å². The van der Waals surface area contributed by atoms with Gasteiger partial charge in [-0.05, 0) is 101 Å². The minimum atomic E-state index is 0.328. The van der Waals surface area contributed by atoms with Gasteiger partial charge in [0, 0.05) is 29.5 Å². The van der Waals surface area contributed by atoms with Crippen molar-refractivity contribution in [1.82, 2.24) is 9.88 Å². The predicted molar refractivity (Wildman–Crippen MR) is 138 cm³/mol. The Morgan fingerprint density at radius 3 is 2.36 bits per heavy atom. The van der Waals surface area contributed by atoms with Gasteiger partial charge in [-0.2, -0.15) is 0 Å². The van der Waals surface area contributed by atoms with Crippen molar-refractivity contribution in [2.75, 3.05) is 6.54 Å². The van der Waals surface area contributed by atoms with E-state index in [1.807, 2.05) is 12.4 Å². The number of benzene rings is 2. The molecule has 1 saturated heterocycles. The normalized spacial score (nSPS) is 23.1. The molecule has 2 heterocycles. The Morgan fingerprint density at radius 2 is 1.64 bits per heavy atom. The van der Waals surface area contributed by atoms with Gasteiger partial charge in [-0.1, -0.05) is 60.2 Å². The standard InChI is InChI=1S/C30H31BrN2/c31-28-20-32-17-15-24(28)19-29-25-10-4-1-9-23(25)16-18-33(29)30-26-11-5-2-7-21(26)13-14-22-8-3-6-12-27(22)30/h2-3,5-9,11-12,15,17,20,25,29-30H,1,4,10,13-14,16,18-19H2/t25-,29-/m0/s1. The van der Waals surface area contributed by atoms with E-state index in [9.17, 15) is 0 Å². The van der Waals surface area contributed by atoms with Crippen LogP contribution in [0.3, 0.4) is 0 Å². The SMILES string of the molecule is Brc1cnccc1C[C@H]1[C@H]2CCCC=C2CCN1C1c2ccccc2CCc2ccccc21. The number of halogens is 1. The molecule has 0 N–H and O–H groups in total. The van der Waals surface area contributed by atoms with Gasteiger partial charge >= 0.3 is 0 Å². The second kappa shape index (κ2) is 9.19. The van der Waals surface area contributed by atoms with Crippen LogP contribution in [0.15, 0.2) is 83.1 Å². The third-order valence-electron chi connectivity index (χ3n) is 8.13. The van der Waals surface area contributed by atoms with Crippen molar-refractivity contribution in [3.8, 4) is 0 Å². The van der Waals surface area contributed by atoms with Crippen molar-refractivity contribution in [2.45, 2.75) is 57.0 Å². The van der Waals surface area contributed by atoms with Crippen LogP contribution in [0.5, 0.6) is 0 Å². The van der Waals surface area contributed by atoms with Crippen LogP contribution in [0.1, 0.15) is 59.5 Å². The number of aromatic nitrogens is 1. The van der Waals surface area contributed by atoms with Gasteiger partial charge in [-0.25, -0.2) is 0 Å². The molecule has 1 aromatic heterocycles. The number of piperidine rings is 1. The summed E-state index contributed by atoms with van der Waals surface area (Å²) in [6.07, 6.45) is 14.9. The Labute approximate surface area is 205 Å². The summed E-state index contributed by atoms with van der Waals surface area (Å²) >= 11 is 3.80. The lowest BCUT2D eigenvalue weighted by molar-refractivity contribution is 0.0864. The number of hydrogen-bond donors (Lipinski definition) is 0. The topological polar surface area (TPSA) is 16.1 Å². The van der Waals surface area contributed by atoms with Crippen LogP contribution in [-0.2, 0) is 19.3 Å². The maximum atomic E-state index is 4.33. The van der Waals surface area contributed by atoms with Crippen molar-refractivity contribution < 1.29 is 0 Å². The average molecular weight is 499 g/mol. The maximum Gasteiger partial charge on any atom is 0.0610 e. The summed E-state index contributed by atoms with van der Waals surface area (Å²) in [4.78, 5) is 7.21. The fraction of sp³-hybridized carbons (Fsp3) is 0.367. The highest BCUT2D eigenvalue weighted by Crippen LogP contribution is 2.45. The average Bonchev–Trinajstić information content (AvgIpc) is 3.03. The van der Waals surface area contributed by atoms with Crippen LogP contribution in [0, 0.1) is 5.92 Å². The number of likely N-dealkylation sites (tertiary alicyclic amines) is 1. The van der Waals surface area contributed by atoms with E-state index in [4.69, 9.17) is 0 Å². The number of aryl methyl sites for hydroxylation is 2. The van der Waals surface area contributed by atoms with Gasteiger partial charge < -0.3 is 0 Å². The van der Waals surface area contributed by atoms with E-state index in [-0.39, 0.29) is 0 Å². The highest BCUT2D eigenvalue weighted by molar-refractivity contribution is 9.10. The first-order chi connectivity index (χ1) is 16.3. The van der Waals surface area contributed by atoms with Crippen molar-refractivity contribution in [3.63, 3.8) is 0 Å². The first-order valence-corrected chi connectivity index (χ1v) is 13.3. The molecule has 6 rings (SSSR count). The molecule has 2 nitrogen and oxygen atoms in total. The molecule has 2 aliphatic carbocycles. The van der Waals surface area contributed by atoms with E-state index >= 15 is 0 Å². The summed E-state index contributed by atoms with van der Waals surface area (Å²) in [6, 6.07) is 21.5. The number of fused-ring (bicyclic) bond motifs is 3. The highest BCUT2D eigenvalue weighted by Gasteiger charge is 2.41. The molecule has 0 bridgehead atoms. The summed E-state index contributed by atoms with van der Waals surface area (Å²) in [6.45, 7) is 1.13. The van der Waals surface area contributed by atoms with Crippen LogP contribution in [0.4, 0.5) is 0 Å². The Hall–Kier alpha value is -2.23. The third kappa shape index (κ3) is 4.00. The zero-order chi connectivity index (χ0) is 22.2. The van der Waals surface area contributed by atoms with Crippen molar-refractivity contribution >= 4 is 15.9 Å². The molecular formula is C30H31BrN2. The molecule has 1 aliphatic heterocycles. The maximum absolute atomic E-state index is 4.33. The summed E-state index contributed by atoms with van der Waals surface area (Å²) in [5.74, 6) is 0.648. The molecule has 2 aromatic carbocycles. The van der Waals surface area contributed by atoms with Crippen LogP contribution >= 0.6 is 15.9 Å². The van der Waals surface area contributed by atoms with E-state index in [0.29, 0.717) is 18.0 Å². The van der Waals surface area contributed by atoms with Gasteiger partial charge in [0.05, 0.1) is 6.04 Å². The van der Waals surface area contributed by atoms with Gasteiger partial charge in [0.2, 0.25) is 0 Å². The van der Waals surface area contributed by atoms with E-state index in [0.717, 1.165) is 30.3 Å². The molecule has 168 valence electrons. The minimum absolute atomic E-state index is 0.328. The molecule has 0 spiro atoms. The second-order valence-electron chi connectivity index (χ2n) is 9.84. The van der Waals surface area contributed by atoms with Gasteiger partial charge in [0.25, 0.3) is 0 Å². The lowest BCUT2D eigenvalue weighted by Gasteiger charge is -2.48. The van der Waals surface area contributed by atoms with Gasteiger partial charge in [-0.15, -0.1) is 0 Å². The zero-order valence-corrected chi connectivity index (χ0v) is 20.7. The lowest BCUT2D eigenvalue weighted by atomic mass is 9.74. The zero-order valence-electron chi connectivity index (χ0n) is 19.1. The number of allylic oxidation sites excluding steroid dienone is 1. The fourth-order valence-electron chi connectivity index (χ4n) is 6.57. The van der Waals surface area contributed by atoms with Crippen molar-refractivity contribution in [2.24, 2.45) is 5.92 Å². The molecule has 1 fully saturated rings. The van der Waals surface area contributed by atoms with Crippen molar-refractivity contribution in [3.05, 3.63) is 111 Å². The van der Waals surface area contributed by atoms with Crippen LogP contribution in [-0.4, -0.2) is 22.5 Å². The molecule has 0 amide bonds. The fourth-order valence-corrected chi connectivity index (χ4v) is 6.98. The number of rotatable bonds is 3. The van der Waals surface area contributed by atoms with E-state index in [2.05, 4.69) is 86.5 Å². The largest absolute Gasteiger partial charge is 0.288 e. The van der Waals surface area contributed by atoms with E-state index < -0.39 is 0 Å². The molecule has 3 aromatic rings. The molecule has 0 unspecified atom stereocenters. The van der Waals surface area contributed by atoms with Gasteiger partial charge in [0.15, 0.2) is 0 Å². The Kier molecular flexibility index (Phi) is 5.94. The number of pyridine rings is 1. The second-order valence-corrected chi connectivity index (χ2v) is 10.7. The number of hydrogen-bond acceptors (Lipinski definition) is 2. The van der Waals surface area contributed by atoms with Crippen LogP contribution < -0.4 is 0 Å².